The number of allylic oxidation sites excluding steroid dienone is 4. The van der Waals surface area contributed by atoms with Crippen molar-refractivity contribution in [3.63, 3.8) is 0 Å². The molecule has 2 aromatic rings. The van der Waals surface area contributed by atoms with Crippen LogP contribution in [-0.2, 0) is 17.4 Å². The van der Waals surface area contributed by atoms with Crippen LogP contribution < -0.4 is 0 Å². The number of hydrogen-bond acceptors (Lipinski definition) is 0. The molecule has 0 bridgehead atoms. The first-order chi connectivity index (χ1) is 10.9. The van der Waals surface area contributed by atoms with E-state index < -0.39 is 17.4 Å². The van der Waals surface area contributed by atoms with Gasteiger partial charge in [-0.05, 0) is 0 Å². The van der Waals surface area contributed by atoms with Crippen molar-refractivity contribution in [2.24, 2.45) is 0 Å². The first-order valence-corrected chi connectivity index (χ1v) is 22.0. The van der Waals surface area contributed by atoms with Crippen molar-refractivity contribution in [1.82, 2.24) is 0 Å². The number of benzene rings is 2. The number of rotatable bonds is 2. The first-order valence-electron chi connectivity index (χ1n) is 8.50. The van der Waals surface area contributed by atoms with E-state index in [1.807, 2.05) is 0 Å². The van der Waals surface area contributed by atoms with Crippen molar-refractivity contribution in [3.8, 4) is 11.1 Å². The molecular weight excluding hydrogens is 410 g/mol. The van der Waals surface area contributed by atoms with E-state index in [9.17, 15) is 0 Å². The maximum absolute atomic E-state index is 3.09. The number of hydrogen-bond donors (Lipinski definition) is 0. The van der Waals surface area contributed by atoms with Gasteiger partial charge in [0.05, 0.1) is 0 Å². The minimum Gasteiger partial charge on any atom is -0.269 e. The van der Waals surface area contributed by atoms with Crippen molar-refractivity contribution in [1.29, 1.82) is 0 Å². The summed E-state index contributed by atoms with van der Waals surface area (Å²) in [6, 6.07) is 18.2. The van der Waals surface area contributed by atoms with E-state index in [0.29, 0.717) is 3.63 Å². The SMILES string of the molecule is CC1=CC[C]([Zr]([CH3])([CH3])(=[SiH2])[CH]2c3ccccc3-c3ccccc32)=C1.F.F. The van der Waals surface area contributed by atoms with Gasteiger partial charge in [0.1, 0.15) is 0 Å². The Balaban J connectivity index is 0.00000113. The summed E-state index contributed by atoms with van der Waals surface area (Å²) >= 11 is -3.09. The molecule has 0 fully saturated rings. The summed E-state index contributed by atoms with van der Waals surface area (Å²) in [6.45, 7) is 4.63. The largest absolute Gasteiger partial charge is 0.269 e. The van der Waals surface area contributed by atoms with Gasteiger partial charge in [-0.15, -0.1) is 0 Å². The Hall–Kier alpha value is -1.12. The molecule has 0 amide bonds. The van der Waals surface area contributed by atoms with Crippen LogP contribution in [-0.4, -0.2) is 6.88 Å². The quantitative estimate of drug-likeness (QED) is 0.536. The molecule has 0 aromatic heterocycles. The molecule has 2 aliphatic rings. The van der Waals surface area contributed by atoms with Crippen LogP contribution in [0, 0.1) is 0 Å². The normalized spacial score (nSPS) is 16.2. The summed E-state index contributed by atoms with van der Waals surface area (Å²) in [5, 5.41) is 0. The van der Waals surface area contributed by atoms with Crippen molar-refractivity contribution in [2.45, 2.75) is 26.2 Å². The summed E-state index contributed by atoms with van der Waals surface area (Å²) in [4.78, 5) is 0. The molecule has 0 saturated heterocycles. The predicted octanol–water partition coefficient (Wildman–Crippen LogP) is 5.63. The Labute approximate surface area is 151 Å². The van der Waals surface area contributed by atoms with E-state index in [1.165, 1.54) is 23.1 Å². The van der Waals surface area contributed by atoms with Gasteiger partial charge in [-0.2, -0.15) is 0 Å². The van der Waals surface area contributed by atoms with Crippen LogP contribution in [0.4, 0.5) is 9.41 Å². The average molecular weight is 436 g/mol. The zero-order valence-electron chi connectivity index (χ0n) is 15.1. The van der Waals surface area contributed by atoms with Gasteiger partial charge >= 0.3 is 142 Å². The molecule has 0 atom stereocenters. The van der Waals surface area contributed by atoms with Gasteiger partial charge < -0.3 is 0 Å². The van der Waals surface area contributed by atoms with Crippen LogP contribution in [0.5, 0.6) is 0 Å². The van der Waals surface area contributed by atoms with Crippen LogP contribution in [0.2, 0.25) is 9.26 Å². The maximum Gasteiger partial charge on any atom is -0.269 e. The second-order valence-corrected chi connectivity index (χ2v) is 37.9. The van der Waals surface area contributed by atoms with E-state index in [4.69, 9.17) is 0 Å². The van der Waals surface area contributed by atoms with Gasteiger partial charge in [0.25, 0.3) is 0 Å². The van der Waals surface area contributed by atoms with E-state index in [-0.39, 0.29) is 9.41 Å². The smallest absolute Gasteiger partial charge is 0.269 e. The third-order valence-electron chi connectivity index (χ3n) is 5.86. The molecule has 25 heavy (non-hydrogen) atoms. The van der Waals surface area contributed by atoms with Gasteiger partial charge in [-0.25, -0.2) is 0 Å². The van der Waals surface area contributed by atoms with Gasteiger partial charge in [0, 0.05) is 0 Å². The second kappa shape index (κ2) is 6.55. The molecule has 0 aliphatic heterocycles. The van der Waals surface area contributed by atoms with E-state index in [2.05, 4.69) is 83.7 Å². The molecule has 132 valence electrons. The number of halogens is 2. The van der Waals surface area contributed by atoms with Crippen LogP contribution >= 0.6 is 0 Å². The molecular formula is C21H26F2SiZr. The van der Waals surface area contributed by atoms with E-state index in [0.717, 1.165) is 0 Å². The maximum atomic E-state index is 2.65. The molecule has 0 spiro atoms. The molecule has 0 unspecified atom stereocenters. The van der Waals surface area contributed by atoms with Gasteiger partial charge in [0.2, 0.25) is 0 Å². The Bertz CT molecular complexity index is 904. The van der Waals surface area contributed by atoms with Crippen LogP contribution in [0.15, 0.2) is 69.5 Å². The fourth-order valence-electron chi connectivity index (χ4n) is 4.57. The summed E-state index contributed by atoms with van der Waals surface area (Å²) in [5.74, 6) is 0. The Morgan fingerprint density at radius 2 is 1.36 bits per heavy atom. The van der Waals surface area contributed by atoms with Crippen LogP contribution in [0.3, 0.4) is 0 Å². The Kier molecular flexibility index (Phi) is 5.29. The molecule has 2 aliphatic carbocycles. The molecule has 2 aromatic carbocycles. The molecule has 0 N–H and O–H groups in total. The third kappa shape index (κ3) is 2.98. The zero-order chi connectivity index (χ0) is 16.3. The molecule has 0 saturated carbocycles. The summed E-state index contributed by atoms with van der Waals surface area (Å²) in [7, 11) is 0. The van der Waals surface area contributed by atoms with E-state index in [1.54, 1.807) is 14.4 Å². The van der Waals surface area contributed by atoms with Gasteiger partial charge in [-0.3, -0.25) is 9.41 Å². The van der Waals surface area contributed by atoms with Crippen molar-refractivity contribution in [2.75, 3.05) is 0 Å². The zero-order valence-corrected chi connectivity index (χ0v) is 19.0. The fourth-order valence-corrected chi connectivity index (χ4v) is 19.3. The summed E-state index contributed by atoms with van der Waals surface area (Å²) < 4.78 is 7.69. The third-order valence-corrected chi connectivity index (χ3v) is 23.1. The van der Waals surface area contributed by atoms with Crippen molar-refractivity contribution in [3.05, 3.63) is 80.7 Å². The standard InChI is InChI=1S/C13H9.C6H7.2CH3.2FH.H2Si.Zr/c1-3-7-12-10(5-1)9-11-6-2-4-8-13(11)12;1-6-4-2-3-5-6;;;;;;/h1-9H;4-5H,2H2,1H3;2*1H3;2*1H;1H2;. The molecule has 0 radical (unpaired) electrons. The molecule has 4 heteroatoms. The van der Waals surface area contributed by atoms with Gasteiger partial charge in [0.15, 0.2) is 0 Å². The Morgan fingerprint density at radius 1 is 0.880 bits per heavy atom. The van der Waals surface area contributed by atoms with Gasteiger partial charge in [-0.1, -0.05) is 0 Å². The predicted molar refractivity (Wildman–Crippen MR) is 105 cm³/mol. The molecule has 0 heterocycles. The minimum absolute atomic E-state index is 0. The summed E-state index contributed by atoms with van der Waals surface area (Å²) in [6.07, 6.45) is 6.09. The second-order valence-electron chi connectivity index (χ2n) is 8.24. The fraction of sp³-hybridized carbons (Fsp3) is 0.238. The summed E-state index contributed by atoms with van der Waals surface area (Å²) in [5.41, 5.74) is 7.53. The average Bonchev–Trinajstić information content (AvgIpc) is 3.09. The Morgan fingerprint density at radius 3 is 1.80 bits per heavy atom. The van der Waals surface area contributed by atoms with E-state index >= 15 is 0 Å². The minimum atomic E-state index is -3.09. The first kappa shape index (κ1) is 20.2. The number of fused-ring (bicyclic) bond motifs is 3. The van der Waals surface area contributed by atoms with Crippen LogP contribution in [0.25, 0.3) is 11.1 Å². The monoisotopic (exact) mass is 434 g/mol. The van der Waals surface area contributed by atoms with Crippen LogP contribution in [0.1, 0.15) is 28.1 Å². The molecule has 0 nitrogen and oxygen atoms in total. The topological polar surface area (TPSA) is 0 Å². The molecule has 4 rings (SSSR count). The van der Waals surface area contributed by atoms with Crippen molar-refractivity contribution < 1.29 is 26.8 Å². The van der Waals surface area contributed by atoms with Crippen molar-refractivity contribution >= 4 is 6.88 Å².